The molecule has 5 nitrogen and oxygen atoms in total. The molecule has 114 valence electrons. The number of nitrogens with zero attached hydrogens (tertiary/aromatic N) is 1. The molecule has 0 spiro atoms. The number of rotatable bonds is 9. The summed E-state index contributed by atoms with van der Waals surface area (Å²) in [6.07, 6.45) is 0.795. The van der Waals surface area contributed by atoms with Crippen molar-refractivity contribution in [3.05, 3.63) is 29.8 Å². The van der Waals surface area contributed by atoms with Crippen molar-refractivity contribution < 1.29 is 8.42 Å². The lowest BCUT2D eigenvalue weighted by atomic mass is 10.2. The van der Waals surface area contributed by atoms with Gasteiger partial charge < -0.3 is 10.2 Å². The van der Waals surface area contributed by atoms with E-state index < -0.39 is 10.0 Å². The van der Waals surface area contributed by atoms with Gasteiger partial charge in [-0.1, -0.05) is 19.1 Å². The molecule has 0 amide bonds. The molecular formula is C14H25N3O2S. The summed E-state index contributed by atoms with van der Waals surface area (Å²) in [5, 5.41) is 3.19. The third-order valence-corrected chi connectivity index (χ3v) is 4.32. The fraction of sp³-hybridized carbons (Fsp3) is 0.571. The normalized spacial score (nSPS) is 12.0. The third kappa shape index (κ3) is 6.00. The highest BCUT2D eigenvalue weighted by Gasteiger charge is 2.13. The van der Waals surface area contributed by atoms with E-state index in [1.54, 1.807) is 18.2 Å². The predicted molar refractivity (Wildman–Crippen MR) is 82.2 cm³/mol. The number of hydrogen-bond acceptors (Lipinski definition) is 4. The number of hydrogen-bond donors (Lipinski definition) is 2. The van der Waals surface area contributed by atoms with E-state index in [4.69, 9.17) is 0 Å². The maximum atomic E-state index is 12.2. The molecule has 1 rings (SSSR count). The Labute approximate surface area is 122 Å². The van der Waals surface area contributed by atoms with Crippen molar-refractivity contribution in [2.24, 2.45) is 0 Å². The van der Waals surface area contributed by atoms with Crippen LogP contribution in [0.25, 0.3) is 0 Å². The van der Waals surface area contributed by atoms with Crippen molar-refractivity contribution in [2.45, 2.75) is 24.8 Å². The molecule has 0 saturated heterocycles. The quantitative estimate of drug-likeness (QED) is 0.669. The molecule has 0 heterocycles. The molecule has 0 saturated carbocycles. The average molecular weight is 299 g/mol. The standard InChI is InChI=1S/C14H25N3O2S/c1-4-15-12-13-7-5-8-14(11-13)20(18,19)16-9-6-10-17(2)3/h5,7-8,11,15-16H,4,6,9-10,12H2,1-3H3. The Hall–Kier alpha value is -0.950. The molecule has 0 radical (unpaired) electrons. The lowest BCUT2D eigenvalue weighted by Gasteiger charge is -2.11. The first-order valence-electron chi connectivity index (χ1n) is 6.89. The van der Waals surface area contributed by atoms with Gasteiger partial charge in [0.1, 0.15) is 0 Å². The van der Waals surface area contributed by atoms with Crippen molar-refractivity contribution in [1.82, 2.24) is 14.9 Å². The number of benzene rings is 1. The van der Waals surface area contributed by atoms with Crippen LogP contribution in [0.1, 0.15) is 18.9 Å². The van der Waals surface area contributed by atoms with Crippen LogP contribution in [0, 0.1) is 0 Å². The summed E-state index contributed by atoms with van der Waals surface area (Å²) < 4.78 is 27.0. The first-order valence-corrected chi connectivity index (χ1v) is 8.38. The van der Waals surface area contributed by atoms with Crippen LogP contribution < -0.4 is 10.0 Å². The van der Waals surface area contributed by atoms with Gasteiger partial charge in [-0.15, -0.1) is 0 Å². The minimum Gasteiger partial charge on any atom is -0.313 e. The molecule has 20 heavy (non-hydrogen) atoms. The van der Waals surface area contributed by atoms with Crippen LogP contribution in [0.4, 0.5) is 0 Å². The summed E-state index contributed by atoms with van der Waals surface area (Å²) in [7, 11) is 0.540. The Kier molecular flexibility index (Phi) is 7.15. The Morgan fingerprint density at radius 1 is 1.25 bits per heavy atom. The smallest absolute Gasteiger partial charge is 0.240 e. The van der Waals surface area contributed by atoms with Gasteiger partial charge in [-0.3, -0.25) is 0 Å². The second-order valence-corrected chi connectivity index (χ2v) is 6.75. The maximum Gasteiger partial charge on any atom is 0.240 e. The van der Waals surface area contributed by atoms with E-state index in [9.17, 15) is 8.42 Å². The fourth-order valence-corrected chi connectivity index (χ4v) is 2.92. The van der Waals surface area contributed by atoms with Crippen LogP contribution in [-0.2, 0) is 16.6 Å². The molecule has 0 aliphatic rings. The van der Waals surface area contributed by atoms with Gasteiger partial charge in [-0.05, 0) is 51.3 Å². The monoisotopic (exact) mass is 299 g/mol. The van der Waals surface area contributed by atoms with E-state index in [1.807, 2.05) is 32.0 Å². The molecular weight excluding hydrogens is 274 g/mol. The van der Waals surface area contributed by atoms with Crippen LogP contribution in [0.2, 0.25) is 0 Å². The Morgan fingerprint density at radius 3 is 2.65 bits per heavy atom. The Bertz CT molecular complexity index is 501. The van der Waals surface area contributed by atoms with Gasteiger partial charge in [0.15, 0.2) is 0 Å². The topological polar surface area (TPSA) is 61.4 Å². The lowest BCUT2D eigenvalue weighted by molar-refractivity contribution is 0.400. The minimum atomic E-state index is -3.40. The summed E-state index contributed by atoms with van der Waals surface area (Å²) in [6, 6.07) is 7.05. The van der Waals surface area contributed by atoms with Crippen molar-refractivity contribution in [1.29, 1.82) is 0 Å². The highest BCUT2D eigenvalue weighted by Crippen LogP contribution is 2.11. The molecule has 0 atom stereocenters. The summed E-state index contributed by atoms with van der Waals surface area (Å²) in [5.74, 6) is 0. The fourth-order valence-electron chi connectivity index (χ4n) is 1.78. The molecule has 0 aliphatic heterocycles. The van der Waals surface area contributed by atoms with Crippen molar-refractivity contribution in [3.63, 3.8) is 0 Å². The molecule has 0 bridgehead atoms. The summed E-state index contributed by atoms with van der Waals surface area (Å²) in [6.45, 7) is 4.88. The maximum absolute atomic E-state index is 12.2. The van der Waals surface area contributed by atoms with Crippen LogP contribution in [0.15, 0.2) is 29.2 Å². The molecule has 0 aliphatic carbocycles. The molecule has 0 unspecified atom stereocenters. The summed E-state index contributed by atoms with van der Waals surface area (Å²) in [4.78, 5) is 2.36. The van der Waals surface area contributed by atoms with Gasteiger partial charge in [0.05, 0.1) is 4.90 Å². The summed E-state index contributed by atoms with van der Waals surface area (Å²) >= 11 is 0. The molecule has 0 fully saturated rings. The average Bonchev–Trinajstić information content (AvgIpc) is 2.41. The van der Waals surface area contributed by atoms with Crippen molar-refractivity contribution in [2.75, 3.05) is 33.7 Å². The molecule has 1 aromatic rings. The molecule has 0 aromatic heterocycles. The molecule has 2 N–H and O–H groups in total. The SMILES string of the molecule is CCNCc1cccc(S(=O)(=O)NCCCN(C)C)c1. The van der Waals surface area contributed by atoms with E-state index in [-0.39, 0.29) is 0 Å². The van der Waals surface area contributed by atoms with Gasteiger partial charge in [-0.2, -0.15) is 0 Å². The zero-order chi connectivity index (χ0) is 15.0. The number of sulfonamides is 1. The second-order valence-electron chi connectivity index (χ2n) is 4.98. The van der Waals surface area contributed by atoms with E-state index in [1.165, 1.54) is 0 Å². The van der Waals surface area contributed by atoms with Crippen molar-refractivity contribution >= 4 is 10.0 Å². The lowest BCUT2D eigenvalue weighted by Crippen LogP contribution is -2.27. The van der Waals surface area contributed by atoms with E-state index in [0.29, 0.717) is 18.0 Å². The van der Waals surface area contributed by atoms with Gasteiger partial charge >= 0.3 is 0 Å². The highest BCUT2D eigenvalue weighted by molar-refractivity contribution is 7.89. The largest absolute Gasteiger partial charge is 0.313 e. The highest BCUT2D eigenvalue weighted by atomic mass is 32.2. The van der Waals surface area contributed by atoms with Crippen LogP contribution >= 0.6 is 0 Å². The zero-order valence-corrected chi connectivity index (χ0v) is 13.3. The van der Waals surface area contributed by atoms with Gasteiger partial charge in [0.2, 0.25) is 10.0 Å². The van der Waals surface area contributed by atoms with Gasteiger partial charge in [0.25, 0.3) is 0 Å². The van der Waals surface area contributed by atoms with Crippen molar-refractivity contribution in [3.8, 4) is 0 Å². The van der Waals surface area contributed by atoms with E-state index >= 15 is 0 Å². The van der Waals surface area contributed by atoms with E-state index in [2.05, 4.69) is 10.0 Å². The van der Waals surface area contributed by atoms with Crippen LogP contribution in [0.3, 0.4) is 0 Å². The Morgan fingerprint density at radius 2 is 2.00 bits per heavy atom. The number of nitrogens with one attached hydrogen (secondary N) is 2. The van der Waals surface area contributed by atoms with Crippen LogP contribution in [-0.4, -0.2) is 47.0 Å². The molecule has 6 heteroatoms. The first kappa shape index (κ1) is 17.1. The Balaban J connectivity index is 2.62. The second kappa shape index (κ2) is 8.36. The van der Waals surface area contributed by atoms with Gasteiger partial charge in [0, 0.05) is 13.1 Å². The predicted octanol–water partition coefficient (Wildman–Crippen LogP) is 1.03. The minimum absolute atomic E-state index is 0.331. The summed E-state index contributed by atoms with van der Waals surface area (Å²) in [5.41, 5.74) is 0.975. The zero-order valence-electron chi connectivity index (χ0n) is 12.5. The van der Waals surface area contributed by atoms with Crippen LogP contribution in [0.5, 0.6) is 0 Å². The third-order valence-electron chi connectivity index (χ3n) is 2.86. The molecule has 1 aromatic carbocycles. The first-order chi connectivity index (χ1) is 9.45. The van der Waals surface area contributed by atoms with E-state index in [0.717, 1.165) is 25.1 Å². The van der Waals surface area contributed by atoms with Gasteiger partial charge in [-0.25, -0.2) is 13.1 Å².